The van der Waals surface area contributed by atoms with Gasteiger partial charge in [-0.05, 0) is 24.3 Å². The van der Waals surface area contributed by atoms with Crippen molar-refractivity contribution < 1.29 is 9.53 Å². The second kappa shape index (κ2) is 5.86. The topological polar surface area (TPSA) is 63.2 Å². The second-order valence-corrected chi connectivity index (χ2v) is 3.85. The SMILES string of the molecule is CNc1cccc(-c2ccc(NC(=O)OC)cc2)n1. The minimum absolute atomic E-state index is 0.483. The van der Waals surface area contributed by atoms with Crippen molar-refractivity contribution in [3.8, 4) is 11.3 Å². The molecule has 1 aromatic carbocycles. The molecule has 0 saturated heterocycles. The fourth-order valence-electron chi connectivity index (χ4n) is 1.63. The number of carbonyl (C=O) groups is 1. The largest absolute Gasteiger partial charge is 0.453 e. The lowest BCUT2D eigenvalue weighted by Crippen LogP contribution is -2.10. The van der Waals surface area contributed by atoms with Crippen molar-refractivity contribution >= 4 is 17.6 Å². The molecule has 0 atom stereocenters. The smallest absolute Gasteiger partial charge is 0.411 e. The van der Waals surface area contributed by atoms with E-state index in [4.69, 9.17) is 0 Å². The van der Waals surface area contributed by atoms with E-state index >= 15 is 0 Å². The van der Waals surface area contributed by atoms with Crippen LogP contribution in [0.4, 0.5) is 16.3 Å². The fourth-order valence-corrected chi connectivity index (χ4v) is 1.63. The highest BCUT2D eigenvalue weighted by atomic mass is 16.5. The van der Waals surface area contributed by atoms with Crippen LogP contribution >= 0.6 is 0 Å². The Bertz CT molecular complexity index is 567. The Hall–Kier alpha value is -2.56. The van der Waals surface area contributed by atoms with Crippen LogP contribution in [0.3, 0.4) is 0 Å². The van der Waals surface area contributed by atoms with E-state index < -0.39 is 6.09 Å². The number of hydrogen-bond donors (Lipinski definition) is 2. The first-order valence-electron chi connectivity index (χ1n) is 5.83. The van der Waals surface area contributed by atoms with Crippen molar-refractivity contribution in [2.75, 3.05) is 24.8 Å². The Morgan fingerprint density at radius 1 is 1.16 bits per heavy atom. The van der Waals surface area contributed by atoms with Crippen LogP contribution in [0.25, 0.3) is 11.3 Å². The van der Waals surface area contributed by atoms with Crippen molar-refractivity contribution in [3.63, 3.8) is 0 Å². The summed E-state index contributed by atoms with van der Waals surface area (Å²) in [6.07, 6.45) is -0.483. The van der Waals surface area contributed by atoms with Crippen LogP contribution in [-0.4, -0.2) is 25.2 Å². The summed E-state index contributed by atoms with van der Waals surface area (Å²) in [6.45, 7) is 0. The van der Waals surface area contributed by atoms with Crippen molar-refractivity contribution in [3.05, 3.63) is 42.5 Å². The molecule has 98 valence electrons. The van der Waals surface area contributed by atoms with E-state index in [1.54, 1.807) is 12.1 Å². The van der Waals surface area contributed by atoms with Crippen molar-refractivity contribution in [2.45, 2.75) is 0 Å². The van der Waals surface area contributed by atoms with Gasteiger partial charge in [-0.1, -0.05) is 18.2 Å². The Kier molecular flexibility index (Phi) is 3.97. The van der Waals surface area contributed by atoms with E-state index in [-0.39, 0.29) is 0 Å². The summed E-state index contributed by atoms with van der Waals surface area (Å²) in [5, 5.41) is 5.60. The van der Waals surface area contributed by atoms with Crippen molar-refractivity contribution in [2.24, 2.45) is 0 Å². The molecule has 0 unspecified atom stereocenters. The summed E-state index contributed by atoms with van der Waals surface area (Å²) in [6, 6.07) is 13.2. The number of methoxy groups -OCH3 is 1. The predicted molar refractivity (Wildman–Crippen MR) is 75.2 cm³/mol. The number of nitrogens with one attached hydrogen (secondary N) is 2. The zero-order chi connectivity index (χ0) is 13.7. The van der Waals surface area contributed by atoms with Gasteiger partial charge in [0.05, 0.1) is 12.8 Å². The average Bonchev–Trinajstić information content (AvgIpc) is 2.48. The summed E-state index contributed by atoms with van der Waals surface area (Å²) in [5.74, 6) is 0.814. The van der Waals surface area contributed by atoms with E-state index in [0.717, 1.165) is 17.1 Å². The summed E-state index contributed by atoms with van der Waals surface area (Å²) >= 11 is 0. The maximum Gasteiger partial charge on any atom is 0.411 e. The first-order chi connectivity index (χ1) is 9.22. The standard InChI is InChI=1S/C14H15N3O2/c1-15-13-5-3-4-12(17-13)10-6-8-11(9-7-10)16-14(18)19-2/h3-9H,1-2H3,(H,15,17)(H,16,18). The van der Waals surface area contributed by atoms with Crippen LogP contribution < -0.4 is 10.6 Å². The molecule has 0 aliphatic carbocycles. The van der Waals surface area contributed by atoms with E-state index in [0.29, 0.717) is 5.69 Å². The molecule has 0 aliphatic rings. The molecule has 2 aromatic rings. The number of anilines is 2. The van der Waals surface area contributed by atoms with Gasteiger partial charge in [0.15, 0.2) is 0 Å². The van der Waals surface area contributed by atoms with Gasteiger partial charge in [-0.2, -0.15) is 0 Å². The molecule has 0 bridgehead atoms. The van der Waals surface area contributed by atoms with Crippen LogP contribution in [0.2, 0.25) is 0 Å². The molecular weight excluding hydrogens is 242 g/mol. The van der Waals surface area contributed by atoms with Gasteiger partial charge in [-0.25, -0.2) is 9.78 Å². The highest BCUT2D eigenvalue weighted by Crippen LogP contribution is 2.20. The molecule has 5 heteroatoms. The highest BCUT2D eigenvalue weighted by molar-refractivity contribution is 5.84. The molecule has 0 spiro atoms. The van der Waals surface area contributed by atoms with Gasteiger partial charge in [0.2, 0.25) is 0 Å². The molecule has 0 radical (unpaired) electrons. The third-order valence-corrected chi connectivity index (χ3v) is 2.62. The number of aromatic nitrogens is 1. The molecular formula is C14H15N3O2. The first kappa shape index (κ1) is 12.9. The lowest BCUT2D eigenvalue weighted by atomic mass is 10.1. The third kappa shape index (κ3) is 3.22. The second-order valence-electron chi connectivity index (χ2n) is 3.85. The van der Waals surface area contributed by atoms with E-state index in [9.17, 15) is 4.79 Å². The third-order valence-electron chi connectivity index (χ3n) is 2.62. The number of carbonyl (C=O) groups excluding carboxylic acids is 1. The van der Waals surface area contributed by atoms with Gasteiger partial charge < -0.3 is 10.1 Å². The average molecular weight is 257 g/mol. The minimum atomic E-state index is -0.483. The van der Waals surface area contributed by atoms with Crippen LogP contribution in [0.5, 0.6) is 0 Å². The van der Waals surface area contributed by atoms with Crippen LogP contribution in [0, 0.1) is 0 Å². The predicted octanol–water partition coefficient (Wildman–Crippen LogP) is 2.97. The summed E-state index contributed by atoms with van der Waals surface area (Å²) in [4.78, 5) is 15.5. The molecule has 2 N–H and O–H groups in total. The minimum Gasteiger partial charge on any atom is -0.453 e. The summed E-state index contributed by atoms with van der Waals surface area (Å²) in [7, 11) is 3.16. The number of nitrogens with zero attached hydrogens (tertiary/aromatic N) is 1. The van der Waals surface area contributed by atoms with E-state index in [1.165, 1.54) is 7.11 Å². The van der Waals surface area contributed by atoms with Crippen LogP contribution in [0.1, 0.15) is 0 Å². The Balaban J connectivity index is 2.19. The fraction of sp³-hybridized carbons (Fsp3) is 0.143. The number of ether oxygens (including phenoxy) is 1. The van der Waals surface area contributed by atoms with Gasteiger partial charge in [0.25, 0.3) is 0 Å². The Morgan fingerprint density at radius 2 is 1.89 bits per heavy atom. The number of rotatable bonds is 3. The van der Waals surface area contributed by atoms with Crippen LogP contribution in [-0.2, 0) is 4.74 Å². The number of hydrogen-bond acceptors (Lipinski definition) is 4. The summed E-state index contributed by atoms with van der Waals surface area (Å²) in [5.41, 5.74) is 2.53. The molecule has 1 amide bonds. The highest BCUT2D eigenvalue weighted by Gasteiger charge is 2.03. The van der Waals surface area contributed by atoms with Gasteiger partial charge in [0, 0.05) is 18.3 Å². The Morgan fingerprint density at radius 3 is 2.53 bits per heavy atom. The van der Waals surface area contributed by atoms with Gasteiger partial charge in [0.1, 0.15) is 5.82 Å². The monoisotopic (exact) mass is 257 g/mol. The van der Waals surface area contributed by atoms with Gasteiger partial charge in [-0.15, -0.1) is 0 Å². The number of pyridine rings is 1. The van der Waals surface area contributed by atoms with Crippen molar-refractivity contribution in [1.82, 2.24) is 4.98 Å². The zero-order valence-electron chi connectivity index (χ0n) is 10.8. The normalized spacial score (nSPS) is 9.79. The maximum absolute atomic E-state index is 11.1. The molecule has 1 aromatic heterocycles. The van der Waals surface area contributed by atoms with E-state index in [2.05, 4.69) is 20.4 Å². The molecule has 19 heavy (non-hydrogen) atoms. The molecule has 2 rings (SSSR count). The Labute approximate surface area is 111 Å². The lowest BCUT2D eigenvalue weighted by Gasteiger charge is -2.06. The maximum atomic E-state index is 11.1. The number of amides is 1. The van der Waals surface area contributed by atoms with E-state index in [1.807, 2.05) is 37.4 Å². The lowest BCUT2D eigenvalue weighted by molar-refractivity contribution is 0.187. The number of benzene rings is 1. The molecule has 0 saturated carbocycles. The molecule has 0 fully saturated rings. The summed E-state index contributed by atoms with van der Waals surface area (Å²) < 4.78 is 4.53. The molecule has 1 heterocycles. The quantitative estimate of drug-likeness (QED) is 0.887. The van der Waals surface area contributed by atoms with Crippen molar-refractivity contribution in [1.29, 1.82) is 0 Å². The van der Waals surface area contributed by atoms with Crippen LogP contribution in [0.15, 0.2) is 42.5 Å². The molecule has 0 aliphatic heterocycles. The first-order valence-corrected chi connectivity index (χ1v) is 5.83. The molecule has 5 nitrogen and oxygen atoms in total. The van der Waals surface area contributed by atoms with Gasteiger partial charge >= 0.3 is 6.09 Å². The zero-order valence-corrected chi connectivity index (χ0v) is 10.8. The van der Waals surface area contributed by atoms with Gasteiger partial charge in [-0.3, -0.25) is 5.32 Å².